The summed E-state index contributed by atoms with van der Waals surface area (Å²) in [5, 5.41) is 2.67. The number of hydrogen-bond acceptors (Lipinski definition) is 5. The lowest BCUT2D eigenvalue weighted by Crippen LogP contribution is -2.24. The van der Waals surface area contributed by atoms with E-state index in [0.717, 1.165) is 0 Å². The van der Waals surface area contributed by atoms with Crippen molar-refractivity contribution in [1.29, 1.82) is 0 Å². The minimum atomic E-state index is -3.98. The fraction of sp³-hybridized carbons (Fsp3) is 0.154. The number of anilines is 2. The Hall–Kier alpha value is -4.31. The molecule has 0 radical (unpaired) electrons. The van der Waals surface area contributed by atoms with Crippen LogP contribution in [0.25, 0.3) is 5.69 Å². The van der Waals surface area contributed by atoms with Gasteiger partial charge in [0.05, 0.1) is 34.1 Å². The molecule has 3 aromatic carbocycles. The van der Waals surface area contributed by atoms with Crippen molar-refractivity contribution in [3.63, 3.8) is 0 Å². The second-order valence-electron chi connectivity index (χ2n) is 7.95. The number of benzene rings is 3. The maximum absolute atomic E-state index is 13.2. The van der Waals surface area contributed by atoms with E-state index in [-0.39, 0.29) is 21.8 Å². The molecular formula is C26H26N4O5S. The number of sulfonamides is 1. The number of para-hydroxylation sites is 2. The van der Waals surface area contributed by atoms with Gasteiger partial charge in [0.15, 0.2) is 0 Å². The second-order valence-corrected chi connectivity index (χ2v) is 9.63. The summed E-state index contributed by atoms with van der Waals surface area (Å²) in [4.78, 5) is 26.4. The lowest BCUT2D eigenvalue weighted by Gasteiger charge is -2.13. The van der Waals surface area contributed by atoms with E-state index in [1.165, 1.54) is 28.9 Å². The Labute approximate surface area is 209 Å². The molecule has 0 unspecified atom stereocenters. The fourth-order valence-corrected chi connectivity index (χ4v) is 4.83. The molecule has 0 saturated carbocycles. The fourth-order valence-electron chi connectivity index (χ4n) is 3.75. The number of rotatable bonds is 8. The maximum atomic E-state index is 13.2. The van der Waals surface area contributed by atoms with Crippen LogP contribution in [0.4, 0.5) is 11.4 Å². The molecule has 2 N–H and O–H groups in total. The first-order valence-electron chi connectivity index (χ1n) is 11.2. The van der Waals surface area contributed by atoms with E-state index in [2.05, 4.69) is 10.0 Å². The highest BCUT2D eigenvalue weighted by Crippen LogP contribution is 2.23. The quantitative estimate of drug-likeness (QED) is 0.376. The highest BCUT2D eigenvalue weighted by molar-refractivity contribution is 7.92. The summed E-state index contributed by atoms with van der Waals surface area (Å²) in [5.74, 6) is -0.0679. The standard InChI is InChI=1S/C26H26N4O5S/c1-4-35-20-14-16-21(17-15-20)36(33,34)28-23-13-9-8-12-22(23)25(31)27-24-18(2)29(3)30(26(24)32)19-10-6-5-7-11-19/h5-17,28H,4H2,1-3H3,(H,27,31). The number of carbonyl (C=O) groups is 1. The van der Waals surface area contributed by atoms with Gasteiger partial charge < -0.3 is 10.1 Å². The summed E-state index contributed by atoms with van der Waals surface area (Å²) >= 11 is 0. The van der Waals surface area contributed by atoms with E-state index < -0.39 is 21.5 Å². The van der Waals surface area contributed by atoms with Gasteiger partial charge in [-0.25, -0.2) is 13.1 Å². The third-order valence-corrected chi connectivity index (χ3v) is 7.04. The lowest BCUT2D eigenvalue weighted by molar-refractivity contribution is 0.102. The number of amides is 1. The molecule has 0 spiro atoms. The summed E-state index contributed by atoms with van der Waals surface area (Å²) in [5.41, 5.74) is 1.06. The van der Waals surface area contributed by atoms with E-state index in [1.807, 2.05) is 25.1 Å². The monoisotopic (exact) mass is 506 g/mol. The molecule has 0 fully saturated rings. The molecule has 186 valence electrons. The van der Waals surface area contributed by atoms with Crippen LogP contribution >= 0.6 is 0 Å². The summed E-state index contributed by atoms with van der Waals surface area (Å²) in [6, 6.07) is 21.2. The Bertz CT molecular complexity index is 1560. The Balaban J connectivity index is 1.63. The SMILES string of the molecule is CCOc1ccc(S(=O)(=O)Nc2ccccc2C(=O)Nc2c(C)n(C)n(-c3ccccc3)c2=O)cc1. The third-order valence-electron chi connectivity index (χ3n) is 5.65. The van der Waals surface area contributed by atoms with Gasteiger partial charge in [-0.3, -0.25) is 19.0 Å². The molecular weight excluding hydrogens is 480 g/mol. The Morgan fingerprint density at radius 3 is 2.25 bits per heavy atom. The number of carbonyl (C=O) groups excluding carboxylic acids is 1. The number of hydrogen-bond donors (Lipinski definition) is 2. The minimum Gasteiger partial charge on any atom is -0.494 e. The molecule has 1 heterocycles. The largest absolute Gasteiger partial charge is 0.494 e. The third kappa shape index (κ3) is 4.89. The van der Waals surface area contributed by atoms with Gasteiger partial charge in [-0.2, -0.15) is 0 Å². The van der Waals surface area contributed by atoms with Gasteiger partial charge in [-0.1, -0.05) is 30.3 Å². The summed E-state index contributed by atoms with van der Waals surface area (Å²) < 4.78 is 36.9. The summed E-state index contributed by atoms with van der Waals surface area (Å²) in [6.07, 6.45) is 0. The van der Waals surface area contributed by atoms with Gasteiger partial charge >= 0.3 is 0 Å². The average molecular weight is 507 g/mol. The van der Waals surface area contributed by atoms with Crippen LogP contribution in [0, 0.1) is 6.92 Å². The van der Waals surface area contributed by atoms with E-state index >= 15 is 0 Å². The average Bonchev–Trinajstić information content (AvgIpc) is 3.08. The molecule has 0 saturated heterocycles. The topological polar surface area (TPSA) is 111 Å². The first-order valence-corrected chi connectivity index (χ1v) is 12.7. The number of nitrogens with zero attached hydrogens (tertiary/aromatic N) is 2. The Kier molecular flexibility index (Phi) is 6.98. The lowest BCUT2D eigenvalue weighted by atomic mass is 10.1. The number of aromatic nitrogens is 2. The molecule has 4 aromatic rings. The maximum Gasteiger partial charge on any atom is 0.295 e. The molecule has 0 aliphatic heterocycles. The van der Waals surface area contributed by atoms with Gasteiger partial charge in [0, 0.05) is 7.05 Å². The van der Waals surface area contributed by atoms with Crippen LogP contribution in [-0.2, 0) is 17.1 Å². The van der Waals surface area contributed by atoms with Crippen molar-refractivity contribution in [3.8, 4) is 11.4 Å². The van der Waals surface area contributed by atoms with E-state index in [0.29, 0.717) is 23.7 Å². The van der Waals surface area contributed by atoms with E-state index in [1.54, 1.807) is 55.1 Å². The zero-order valence-electron chi connectivity index (χ0n) is 20.1. The summed E-state index contributed by atoms with van der Waals surface area (Å²) in [7, 11) is -2.26. The smallest absolute Gasteiger partial charge is 0.295 e. The molecule has 0 aliphatic rings. The van der Waals surface area contributed by atoms with Crippen molar-refractivity contribution >= 4 is 27.3 Å². The minimum absolute atomic E-state index is 0.0193. The molecule has 4 rings (SSSR count). The molecule has 0 aliphatic carbocycles. The van der Waals surface area contributed by atoms with Crippen molar-refractivity contribution in [1.82, 2.24) is 9.36 Å². The zero-order chi connectivity index (χ0) is 25.9. The molecule has 10 heteroatoms. The van der Waals surface area contributed by atoms with Crippen LogP contribution in [0.1, 0.15) is 23.0 Å². The zero-order valence-corrected chi connectivity index (χ0v) is 20.9. The van der Waals surface area contributed by atoms with Crippen molar-refractivity contribution in [2.75, 3.05) is 16.6 Å². The van der Waals surface area contributed by atoms with E-state index in [4.69, 9.17) is 4.74 Å². The van der Waals surface area contributed by atoms with Crippen molar-refractivity contribution in [3.05, 3.63) is 100 Å². The van der Waals surface area contributed by atoms with Gasteiger partial charge in [-0.05, 0) is 62.4 Å². The van der Waals surface area contributed by atoms with Crippen LogP contribution in [0.2, 0.25) is 0 Å². The summed E-state index contributed by atoms with van der Waals surface area (Å²) in [6.45, 7) is 4.02. The first kappa shape index (κ1) is 24.8. The predicted molar refractivity (Wildman–Crippen MR) is 139 cm³/mol. The van der Waals surface area contributed by atoms with Crippen molar-refractivity contribution < 1.29 is 17.9 Å². The van der Waals surface area contributed by atoms with Gasteiger partial charge in [0.1, 0.15) is 11.4 Å². The van der Waals surface area contributed by atoms with Gasteiger partial charge in [0.2, 0.25) is 0 Å². The van der Waals surface area contributed by atoms with Crippen LogP contribution in [0.3, 0.4) is 0 Å². The van der Waals surface area contributed by atoms with Gasteiger partial charge in [-0.15, -0.1) is 0 Å². The van der Waals surface area contributed by atoms with Gasteiger partial charge in [0.25, 0.3) is 21.5 Å². The second kappa shape index (κ2) is 10.1. The molecule has 1 aromatic heterocycles. The Morgan fingerprint density at radius 1 is 0.944 bits per heavy atom. The van der Waals surface area contributed by atoms with Crippen LogP contribution in [0.15, 0.2) is 88.6 Å². The Morgan fingerprint density at radius 2 is 1.58 bits per heavy atom. The normalized spacial score (nSPS) is 11.2. The number of ether oxygens (including phenoxy) is 1. The highest BCUT2D eigenvalue weighted by Gasteiger charge is 2.22. The van der Waals surface area contributed by atoms with Crippen LogP contribution < -0.4 is 20.3 Å². The van der Waals surface area contributed by atoms with Crippen molar-refractivity contribution in [2.45, 2.75) is 18.7 Å². The molecule has 0 atom stereocenters. The van der Waals surface area contributed by atoms with Crippen LogP contribution in [-0.4, -0.2) is 30.3 Å². The molecule has 0 bridgehead atoms. The number of nitrogens with one attached hydrogen (secondary N) is 2. The van der Waals surface area contributed by atoms with E-state index in [9.17, 15) is 18.0 Å². The molecule has 36 heavy (non-hydrogen) atoms. The van der Waals surface area contributed by atoms with Crippen LogP contribution in [0.5, 0.6) is 5.75 Å². The van der Waals surface area contributed by atoms with Crippen molar-refractivity contribution in [2.24, 2.45) is 7.05 Å². The molecule has 1 amide bonds. The first-order chi connectivity index (χ1) is 17.2. The predicted octanol–water partition coefficient (Wildman–Crippen LogP) is 3.94. The highest BCUT2D eigenvalue weighted by atomic mass is 32.2. The molecule has 9 nitrogen and oxygen atoms in total.